The van der Waals surface area contributed by atoms with Gasteiger partial charge in [0.2, 0.25) is 0 Å². The van der Waals surface area contributed by atoms with Crippen LogP contribution in [0, 0.1) is 0 Å². The van der Waals surface area contributed by atoms with Gasteiger partial charge in [-0.3, -0.25) is 0 Å². The van der Waals surface area contributed by atoms with Gasteiger partial charge in [-0.1, -0.05) is 29.2 Å². The quantitative estimate of drug-likeness (QED) is 0.336. The van der Waals surface area contributed by atoms with Crippen LogP contribution >= 0.6 is 22.6 Å². The van der Waals surface area contributed by atoms with Gasteiger partial charge < -0.3 is 9.53 Å². The van der Waals surface area contributed by atoms with E-state index in [2.05, 4.69) is 29.2 Å². The molecule has 0 spiro atoms. The topological polar surface area (TPSA) is 26.3 Å². The van der Waals surface area contributed by atoms with Crippen LogP contribution in [-0.4, -0.2) is 22.9 Å². The summed E-state index contributed by atoms with van der Waals surface area (Å²) in [6.07, 6.45) is 2.45. The highest BCUT2D eigenvalue weighted by molar-refractivity contribution is 14.1. The average Bonchev–Trinajstić information content (AvgIpc) is 2.33. The molecule has 1 heterocycles. The van der Waals surface area contributed by atoms with Crippen molar-refractivity contribution in [2.45, 2.75) is 25.0 Å². The summed E-state index contributed by atoms with van der Waals surface area (Å²) in [4.78, 5) is 10.3. The van der Waals surface area contributed by atoms with Crippen LogP contribution in [0.3, 0.4) is 0 Å². The van der Waals surface area contributed by atoms with E-state index >= 15 is 0 Å². The Morgan fingerprint density at radius 1 is 1.82 bits per heavy atom. The van der Waals surface area contributed by atoms with E-state index in [4.69, 9.17) is 4.74 Å². The van der Waals surface area contributed by atoms with Crippen LogP contribution < -0.4 is 0 Å². The normalized spacial score (nSPS) is 30.8. The van der Waals surface area contributed by atoms with E-state index in [1.54, 1.807) is 0 Å². The molecule has 1 rings (SSSR count). The van der Waals surface area contributed by atoms with Crippen molar-refractivity contribution >= 4 is 28.9 Å². The fraction of sp³-hybridized carbons (Fsp3) is 0.625. The predicted molar refractivity (Wildman–Crippen MR) is 52.0 cm³/mol. The number of ether oxygens (including phenoxy) is 1. The lowest BCUT2D eigenvalue weighted by atomic mass is 10.1. The second-order valence-corrected chi connectivity index (χ2v) is 3.72. The summed E-state index contributed by atoms with van der Waals surface area (Å²) in [5.74, 6) is 0. The molecule has 2 nitrogen and oxygen atoms in total. The van der Waals surface area contributed by atoms with E-state index in [9.17, 15) is 4.79 Å². The summed E-state index contributed by atoms with van der Waals surface area (Å²) >= 11 is 2.30. The summed E-state index contributed by atoms with van der Waals surface area (Å²) in [6.45, 7) is 3.87. The Balaban J connectivity index is 2.44. The van der Waals surface area contributed by atoms with Gasteiger partial charge in [0.15, 0.2) is 0 Å². The van der Waals surface area contributed by atoms with Crippen LogP contribution in [0.2, 0.25) is 0 Å². The predicted octanol–water partition coefficient (Wildman–Crippen LogP) is 1.72. The van der Waals surface area contributed by atoms with Gasteiger partial charge in [0.25, 0.3) is 0 Å². The largest absolute Gasteiger partial charge is 0.363 e. The first kappa shape index (κ1) is 9.19. The molecule has 0 saturated carbocycles. The fourth-order valence-electron chi connectivity index (χ4n) is 1.20. The van der Waals surface area contributed by atoms with E-state index in [1.165, 1.54) is 0 Å². The zero-order valence-corrected chi connectivity index (χ0v) is 8.41. The minimum atomic E-state index is -0.226. The third-order valence-corrected chi connectivity index (χ3v) is 2.40. The maximum absolute atomic E-state index is 10.3. The maximum Gasteiger partial charge on any atom is 0.149 e. The number of alkyl halides is 1. The van der Waals surface area contributed by atoms with Crippen molar-refractivity contribution < 1.29 is 9.53 Å². The van der Waals surface area contributed by atoms with Gasteiger partial charge in [0.1, 0.15) is 12.4 Å². The van der Waals surface area contributed by atoms with Crippen molar-refractivity contribution in [3.05, 3.63) is 12.2 Å². The van der Waals surface area contributed by atoms with Crippen molar-refractivity contribution in [3.63, 3.8) is 0 Å². The molecule has 0 bridgehead atoms. The van der Waals surface area contributed by atoms with Gasteiger partial charge in [-0.05, 0) is 12.0 Å². The zero-order chi connectivity index (χ0) is 8.27. The lowest BCUT2D eigenvalue weighted by Crippen LogP contribution is -2.12. The van der Waals surface area contributed by atoms with Crippen molar-refractivity contribution in [2.24, 2.45) is 0 Å². The molecule has 0 amide bonds. The Kier molecular flexibility index (Phi) is 3.51. The fourth-order valence-corrected chi connectivity index (χ4v) is 1.76. The molecular formula is C8H11IO2. The Hall–Kier alpha value is 0.1000. The molecule has 1 fully saturated rings. The van der Waals surface area contributed by atoms with Crippen LogP contribution in [0.15, 0.2) is 12.2 Å². The van der Waals surface area contributed by atoms with Crippen molar-refractivity contribution in [1.82, 2.24) is 0 Å². The SMILES string of the molecule is C=C1C[C@H](C=O)O[C@H]1CCI. The maximum atomic E-state index is 10.3. The van der Waals surface area contributed by atoms with E-state index in [0.717, 1.165) is 22.7 Å². The molecule has 0 N–H and O–H groups in total. The average molecular weight is 266 g/mol. The first-order valence-electron chi connectivity index (χ1n) is 3.62. The Morgan fingerprint density at radius 3 is 3.00 bits per heavy atom. The van der Waals surface area contributed by atoms with E-state index in [1.807, 2.05) is 0 Å². The number of rotatable bonds is 3. The van der Waals surface area contributed by atoms with Crippen LogP contribution in [0.1, 0.15) is 12.8 Å². The van der Waals surface area contributed by atoms with Crippen LogP contribution in [0.25, 0.3) is 0 Å². The first-order valence-corrected chi connectivity index (χ1v) is 5.15. The second kappa shape index (κ2) is 4.21. The molecule has 0 unspecified atom stereocenters. The van der Waals surface area contributed by atoms with E-state index in [0.29, 0.717) is 6.42 Å². The Labute approximate surface area is 80.1 Å². The minimum absolute atomic E-state index is 0.127. The molecule has 0 radical (unpaired) electrons. The Bertz CT molecular complexity index is 167. The molecule has 11 heavy (non-hydrogen) atoms. The molecule has 62 valence electrons. The highest BCUT2D eigenvalue weighted by Gasteiger charge is 2.27. The van der Waals surface area contributed by atoms with Gasteiger partial charge >= 0.3 is 0 Å². The van der Waals surface area contributed by atoms with Crippen molar-refractivity contribution in [2.75, 3.05) is 4.43 Å². The number of hydrogen-bond acceptors (Lipinski definition) is 2. The van der Waals surface area contributed by atoms with Gasteiger partial charge in [-0.15, -0.1) is 0 Å². The number of carbonyl (C=O) groups excluding carboxylic acids is 1. The molecule has 0 aromatic carbocycles. The molecule has 1 aliphatic rings. The molecule has 0 aliphatic carbocycles. The minimum Gasteiger partial charge on any atom is -0.363 e. The molecule has 0 aromatic rings. The van der Waals surface area contributed by atoms with Crippen molar-refractivity contribution in [1.29, 1.82) is 0 Å². The molecule has 3 heteroatoms. The summed E-state index contributed by atoms with van der Waals surface area (Å²) in [6, 6.07) is 0. The molecule has 2 atom stereocenters. The van der Waals surface area contributed by atoms with Gasteiger partial charge in [0.05, 0.1) is 6.10 Å². The third kappa shape index (κ3) is 2.27. The highest BCUT2D eigenvalue weighted by Crippen LogP contribution is 2.25. The highest BCUT2D eigenvalue weighted by atomic mass is 127. The smallest absolute Gasteiger partial charge is 0.149 e. The summed E-state index contributed by atoms with van der Waals surface area (Å²) in [5, 5.41) is 0. The van der Waals surface area contributed by atoms with Gasteiger partial charge in [-0.2, -0.15) is 0 Å². The summed E-state index contributed by atoms with van der Waals surface area (Å²) in [7, 11) is 0. The molecule has 0 aromatic heterocycles. The molecule has 1 aliphatic heterocycles. The number of carbonyl (C=O) groups is 1. The standard InChI is InChI=1S/C8H11IO2/c1-6-4-7(5-10)11-8(6)2-3-9/h5,7-8H,1-4H2/t7-,8+/m1/s1. The summed E-state index contributed by atoms with van der Waals surface area (Å²) in [5.41, 5.74) is 1.07. The Morgan fingerprint density at radius 2 is 2.55 bits per heavy atom. The lowest BCUT2D eigenvalue weighted by Gasteiger charge is -2.08. The monoisotopic (exact) mass is 266 g/mol. The van der Waals surface area contributed by atoms with Gasteiger partial charge in [-0.25, -0.2) is 0 Å². The second-order valence-electron chi connectivity index (χ2n) is 2.64. The third-order valence-electron chi connectivity index (χ3n) is 1.78. The van der Waals surface area contributed by atoms with Crippen LogP contribution in [0.5, 0.6) is 0 Å². The summed E-state index contributed by atoms with van der Waals surface area (Å²) < 4.78 is 6.44. The number of hydrogen-bond donors (Lipinski definition) is 0. The zero-order valence-electron chi connectivity index (χ0n) is 6.25. The van der Waals surface area contributed by atoms with E-state index in [-0.39, 0.29) is 12.2 Å². The first-order chi connectivity index (χ1) is 5.27. The van der Waals surface area contributed by atoms with Crippen LogP contribution in [-0.2, 0) is 9.53 Å². The number of halogens is 1. The van der Waals surface area contributed by atoms with E-state index < -0.39 is 0 Å². The number of aldehydes is 1. The van der Waals surface area contributed by atoms with Crippen LogP contribution in [0.4, 0.5) is 0 Å². The molecule has 1 saturated heterocycles. The van der Waals surface area contributed by atoms with Crippen molar-refractivity contribution in [3.8, 4) is 0 Å². The molecular weight excluding hydrogens is 255 g/mol. The lowest BCUT2D eigenvalue weighted by molar-refractivity contribution is -0.117. The van der Waals surface area contributed by atoms with Gasteiger partial charge in [0, 0.05) is 10.8 Å².